The van der Waals surface area contributed by atoms with E-state index in [0.717, 1.165) is 10.9 Å². The van der Waals surface area contributed by atoms with Crippen molar-refractivity contribution in [2.45, 2.75) is 13.0 Å². The van der Waals surface area contributed by atoms with Crippen LogP contribution in [0.1, 0.15) is 17.3 Å². The zero-order valence-electron chi connectivity index (χ0n) is 10.8. The number of fused-ring (bicyclic) bond motifs is 1. The molecule has 0 bridgehead atoms. The second-order valence-electron chi connectivity index (χ2n) is 4.77. The minimum atomic E-state index is -0.658. The number of carbonyl (C=O) groups is 3. The molecule has 2 N–H and O–H groups in total. The van der Waals surface area contributed by atoms with Crippen LogP contribution < -0.4 is 5.32 Å². The van der Waals surface area contributed by atoms with E-state index in [1.165, 1.54) is 4.90 Å². The van der Waals surface area contributed by atoms with E-state index in [0.29, 0.717) is 5.56 Å². The number of aromatic nitrogens is 1. The molecule has 0 radical (unpaired) electrons. The van der Waals surface area contributed by atoms with Crippen molar-refractivity contribution in [2.24, 2.45) is 0 Å². The third-order valence-corrected chi connectivity index (χ3v) is 3.51. The van der Waals surface area contributed by atoms with Gasteiger partial charge in [0.25, 0.3) is 5.91 Å². The van der Waals surface area contributed by atoms with Crippen LogP contribution in [-0.4, -0.2) is 40.2 Å². The normalized spacial score (nSPS) is 19.2. The maximum atomic E-state index is 12.6. The van der Waals surface area contributed by atoms with Gasteiger partial charge in [0.15, 0.2) is 0 Å². The predicted octanol–water partition coefficient (Wildman–Crippen LogP) is 0.655. The summed E-state index contributed by atoms with van der Waals surface area (Å²) in [6, 6.07) is 6.47. The van der Waals surface area contributed by atoms with E-state index < -0.39 is 17.9 Å². The van der Waals surface area contributed by atoms with Crippen LogP contribution in [0.4, 0.5) is 0 Å². The molecule has 3 amide bonds. The highest BCUT2D eigenvalue weighted by Gasteiger charge is 2.34. The number of aromatic amines is 1. The highest BCUT2D eigenvalue weighted by molar-refractivity contribution is 6.11. The Hall–Kier alpha value is -2.63. The SMILES string of the molecule is CC1C(=O)NC(=O)CN1C(=O)c1cccc2[nH]ccc12. The summed E-state index contributed by atoms with van der Waals surface area (Å²) in [6.45, 7) is 1.50. The molecule has 1 atom stereocenters. The first-order chi connectivity index (χ1) is 9.58. The molecule has 1 aromatic carbocycles. The first-order valence-electron chi connectivity index (χ1n) is 6.28. The van der Waals surface area contributed by atoms with Gasteiger partial charge in [0.1, 0.15) is 12.6 Å². The lowest BCUT2D eigenvalue weighted by atomic mass is 10.1. The lowest BCUT2D eigenvalue weighted by Gasteiger charge is -2.31. The first-order valence-corrected chi connectivity index (χ1v) is 6.28. The molecule has 2 heterocycles. The fourth-order valence-corrected chi connectivity index (χ4v) is 2.39. The molecule has 20 heavy (non-hydrogen) atoms. The molecule has 0 spiro atoms. The second-order valence-corrected chi connectivity index (χ2v) is 4.77. The van der Waals surface area contributed by atoms with Crippen LogP contribution in [-0.2, 0) is 9.59 Å². The molecule has 0 aliphatic carbocycles. The highest BCUT2D eigenvalue weighted by atomic mass is 16.2. The van der Waals surface area contributed by atoms with Crippen molar-refractivity contribution in [3.05, 3.63) is 36.0 Å². The number of amides is 3. The lowest BCUT2D eigenvalue weighted by molar-refractivity contribution is -0.138. The fraction of sp³-hybridized carbons (Fsp3) is 0.214. The molecule has 1 unspecified atom stereocenters. The topological polar surface area (TPSA) is 82.3 Å². The molecule has 102 valence electrons. The number of carbonyl (C=O) groups excluding carboxylic acids is 3. The Balaban J connectivity index is 2.01. The predicted molar refractivity (Wildman–Crippen MR) is 71.9 cm³/mol. The number of nitrogens with zero attached hydrogens (tertiary/aromatic N) is 1. The Morgan fingerprint density at radius 2 is 2.10 bits per heavy atom. The van der Waals surface area contributed by atoms with Crippen LogP contribution in [0.5, 0.6) is 0 Å². The van der Waals surface area contributed by atoms with E-state index in [1.54, 1.807) is 31.3 Å². The van der Waals surface area contributed by atoms with E-state index in [2.05, 4.69) is 10.3 Å². The summed E-state index contributed by atoms with van der Waals surface area (Å²) in [7, 11) is 0. The Bertz CT molecular complexity index is 719. The van der Waals surface area contributed by atoms with Crippen molar-refractivity contribution in [3.63, 3.8) is 0 Å². The van der Waals surface area contributed by atoms with Crippen LogP contribution in [0.25, 0.3) is 10.9 Å². The molecule has 6 nitrogen and oxygen atoms in total. The Kier molecular flexibility index (Phi) is 2.78. The molecule has 0 saturated carbocycles. The van der Waals surface area contributed by atoms with Crippen LogP contribution in [0.15, 0.2) is 30.5 Å². The number of H-pyrrole nitrogens is 1. The molecule has 6 heteroatoms. The average molecular weight is 271 g/mol. The number of nitrogens with one attached hydrogen (secondary N) is 2. The standard InChI is InChI=1S/C14H13N3O3/c1-8-13(19)16-12(18)7-17(8)14(20)10-3-2-4-11-9(10)5-6-15-11/h2-6,8,15H,7H2,1H3,(H,16,18,19). The maximum absolute atomic E-state index is 12.6. The fourth-order valence-electron chi connectivity index (χ4n) is 2.39. The summed E-state index contributed by atoms with van der Waals surface area (Å²) in [5.74, 6) is -1.22. The Morgan fingerprint density at radius 3 is 2.90 bits per heavy atom. The number of imide groups is 1. The lowest BCUT2D eigenvalue weighted by Crippen LogP contribution is -2.58. The van der Waals surface area contributed by atoms with Crippen molar-refractivity contribution in [1.82, 2.24) is 15.2 Å². The maximum Gasteiger partial charge on any atom is 0.255 e. The number of piperazine rings is 1. The summed E-state index contributed by atoms with van der Waals surface area (Å²) in [6.07, 6.45) is 1.75. The zero-order valence-corrected chi connectivity index (χ0v) is 10.8. The van der Waals surface area contributed by atoms with E-state index in [1.807, 2.05) is 6.07 Å². The van der Waals surface area contributed by atoms with Gasteiger partial charge in [-0.05, 0) is 25.1 Å². The van der Waals surface area contributed by atoms with E-state index in [9.17, 15) is 14.4 Å². The summed E-state index contributed by atoms with van der Waals surface area (Å²) >= 11 is 0. The second kappa shape index (κ2) is 4.48. The van der Waals surface area contributed by atoms with Gasteiger partial charge in [-0.25, -0.2) is 0 Å². The summed E-state index contributed by atoms with van der Waals surface area (Å²) in [5.41, 5.74) is 1.33. The molecule has 1 aliphatic rings. The summed E-state index contributed by atoms with van der Waals surface area (Å²) < 4.78 is 0. The van der Waals surface area contributed by atoms with E-state index in [4.69, 9.17) is 0 Å². The molecule has 1 aliphatic heterocycles. The molecular weight excluding hydrogens is 258 g/mol. The molecular formula is C14H13N3O3. The number of rotatable bonds is 1. The van der Waals surface area contributed by atoms with Crippen molar-refractivity contribution in [1.29, 1.82) is 0 Å². The van der Waals surface area contributed by atoms with Gasteiger partial charge < -0.3 is 9.88 Å². The molecule has 1 saturated heterocycles. The van der Waals surface area contributed by atoms with Gasteiger partial charge in [-0.15, -0.1) is 0 Å². The van der Waals surface area contributed by atoms with E-state index >= 15 is 0 Å². The molecule has 3 rings (SSSR count). The van der Waals surface area contributed by atoms with Gasteiger partial charge in [-0.1, -0.05) is 6.07 Å². The first kappa shape index (κ1) is 12.4. The van der Waals surface area contributed by atoms with Gasteiger partial charge in [0.2, 0.25) is 11.8 Å². The van der Waals surface area contributed by atoms with Gasteiger partial charge >= 0.3 is 0 Å². The van der Waals surface area contributed by atoms with E-state index in [-0.39, 0.29) is 12.5 Å². The van der Waals surface area contributed by atoms with Crippen LogP contribution >= 0.6 is 0 Å². The van der Waals surface area contributed by atoms with Crippen molar-refractivity contribution < 1.29 is 14.4 Å². The number of hydrogen-bond donors (Lipinski definition) is 2. The molecule has 1 aromatic heterocycles. The summed E-state index contributed by atoms with van der Waals surface area (Å²) in [5, 5.41) is 3.00. The Labute approximate surface area is 114 Å². The van der Waals surface area contributed by atoms with Gasteiger partial charge in [-0.2, -0.15) is 0 Å². The minimum Gasteiger partial charge on any atom is -0.361 e. The highest BCUT2D eigenvalue weighted by Crippen LogP contribution is 2.20. The summed E-state index contributed by atoms with van der Waals surface area (Å²) in [4.78, 5) is 40.0. The van der Waals surface area contributed by atoms with Gasteiger partial charge in [-0.3, -0.25) is 19.7 Å². The van der Waals surface area contributed by atoms with Gasteiger partial charge in [0, 0.05) is 22.7 Å². The quantitative estimate of drug-likeness (QED) is 0.747. The minimum absolute atomic E-state index is 0.105. The van der Waals surface area contributed by atoms with Crippen molar-refractivity contribution in [3.8, 4) is 0 Å². The smallest absolute Gasteiger partial charge is 0.255 e. The third-order valence-electron chi connectivity index (χ3n) is 3.51. The third kappa shape index (κ3) is 1.85. The van der Waals surface area contributed by atoms with Crippen molar-refractivity contribution >= 4 is 28.6 Å². The Morgan fingerprint density at radius 1 is 1.30 bits per heavy atom. The van der Waals surface area contributed by atoms with Crippen LogP contribution in [0.2, 0.25) is 0 Å². The largest absolute Gasteiger partial charge is 0.361 e. The number of hydrogen-bond acceptors (Lipinski definition) is 3. The molecule has 1 fully saturated rings. The molecule has 2 aromatic rings. The van der Waals surface area contributed by atoms with Gasteiger partial charge in [0.05, 0.1) is 0 Å². The number of benzene rings is 1. The van der Waals surface area contributed by atoms with Crippen LogP contribution in [0.3, 0.4) is 0 Å². The van der Waals surface area contributed by atoms with Crippen LogP contribution in [0, 0.1) is 0 Å². The zero-order chi connectivity index (χ0) is 14.3. The average Bonchev–Trinajstić information content (AvgIpc) is 2.90. The monoisotopic (exact) mass is 271 g/mol. The van der Waals surface area contributed by atoms with Crippen molar-refractivity contribution in [2.75, 3.05) is 6.54 Å².